The Kier molecular flexibility index (Phi) is 13.7. The predicted octanol–water partition coefficient (Wildman–Crippen LogP) is 1.65. The van der Waals surface area contributed by atoms with Gasteiger partial charge < -0.3 is 1.43 Å². The van der Waals surface area contributed by atoms with E-state index in [1.165, 1.54) is 38.5 Å². The molecule has 0 radical (unpaired) electrons. The van der Waals surface area contributed by atoms with E-state index in [1.807, 2.05) is 0 Å². The molecule has 0 bridgehead atoms. The van der Waals surface area contributed by atoms with E-state index in [4.69, 9.17) is 4.18 Å². The zero-order valence-electron chi connectivity index (χ0n) is 14.4. The number of rotatable bonds is 11. The molecule has 0 aliphatic carbocycles. The molecule has 0 aromatic heterocycles. The summed E-state index contributed by atoms with van der Waals surface area (Å²) in [4.78, 5) is 0.236. The van der Waals surface area contributed by atoms with Crippen LogP contribution in [0.25, 0.3) is 0 Å². The Morgan fingerprint density at radius 1 is 0.905 bits per heavy atom. The summed E-state index contributed by atoms with van der Waals surface area (Å²) in [5.41, 5.74) is 0. The fourth-order valence-corrected chi connectivity index (χ4v) is 3.02. The summed E-state index contributed by atoms with van der Waals surface area (Å²) in [5.74, 6) is 0. The fourth-order valence-electron chi connectivity index (χ4n) is 2.06. The van der Waals surface area contributed by atoms with E-state index in [0.717, 1.165) is 12.8 Å². The molecule has 0 amide bonds. The molecule has 0 saturated carbocycles. The maximum Gasteiger partial charge on any atom is 1.00 e. The van der Waals surface area contributed by atoms with Gasteiger partial charge in [0.2, 0.25) is 0 Å². The number of hydrogen-bond donors (Lipinski definition) is 0. The molecule has 5 heteroatoms. The molecular weight excluding hydrogens is 311 g/mol. The molecule has 0 N–H and O–H groups in total. The second-order valence-electron chi connectivity index (χ2n) is 5.06. The van der Waals surface area contributed by atoms with E-state index in [-0.39, 0.29) is 64.3 Å². The summed E-state index contributed by atoms with van der Waals surface area (Å²) in [6, 6.07) is 8.31. The first-order valence-electron chi connectivity index (χ1n) is 7.61. The van der Waals surface area contributed by atoms with Crippen molar-refractivity contribution in [1.82, 2.24) is 0 Å². The molecule has 116 valence electrons. The molecule has 0 atom stereocenters. The zero-order chi connectivity index (χ0) is 14.7. The Morgan fingerprint density at radius 3 is 2.00 bits per heavy atom. The molecule has 0 aliphatic heterocycles. The van der Waals surface area contributed by atoms with Gasteiger partial charge in [-0.15, -0.1) is 0 Å². The summed E-state index contributed by atoms with van der Waals surface area (Å²) in [7, 11) is -3.57. The van der Waals surface area contributed by atoms with Crippen LogP contribution in [0.15, 0.2) is 35.2 Å². The summed E-state index contributed by atoms with van der Waals surface area (Å²) in [6.07, 6.45) is 9.44. The van der Waals surface area contributed by atoms with E-state index < -0.39 is 10.1 Å². The van der Waals surface area contributed by atoms with Crippen LogP contribution in [0.1, 0.15) is 59.7 Å². The molecule has 1 aromatic rings. The Bertz CT molecular complexity index is 452. The topological polar surface area (TPSA) is 43.4 Å². The normalized spacial score (nSPS) is 11.1. The minimum absolute atomic E-state index is 0. The molecule has 0 spiro atoms. The van der Waals surface area contributed by atoms with Crippen LogP contribution in [0.5, 0.6) is 0 Å². The first-order chi connectivity index (χ1) is 9.67. The van der Waals surface area contributed by atoms with E-state index in [0.29, 0.717) is 0 Å². The van der Waals surface area contributed by atoms with Crippen molar-refractivity contribution in [3.05, 3.63) is 30.3 Å². The third kappa shape index (κ3) is 10.2. The molecule has 1 rings (SSSR count). The van der Waals surface area contributed by atoms with Crippen LogP contribution in [0.3, 0.4) is 0 Å². The van der Waals surface area contributed by atoms with E-state index in [2.05, 4.69) is 6.92 Å². The average molecular weight is 339 g/mol. The first kappa shape index (κ1) is 21.8. The predicted molar refractivity (Wildman–Crippen MR) is 83.3 cm³/mol. The second-order valence-corrected chi connectivity index (χ2v) is 6.68. The van der Waals surface area contributed by atoms with Gasteiger partial charge >= 0.3 is 51.4 Å². The molecule has 0 unspecified atom stereocenters. The van der Waals surface area contributed by atoms with Crippen LogP contribution in [0.2, 0.25) is 0 Å². The number of hydrogen-bond acceptors (Lipinski definition) is 3. The van der Waals surface area contributed by atoms with Crippen molar-refractivity contribution < 1.29 is 65.4 Å². The molecule has 0 fully saturated rings. The molecule has 3 nitrogen and oxygen atoms in total. The summed E-state index contributed by atoms with van der Waals surface area (Å²) in [6.45, 7) is 2.50. The quantitative estimate of drug-likeness (QED) is 0.350. The van der Waals surface area contributed by atoms with Crippen LogP contribution < -0.4 is 51.4 Å². The SMILES string of the molecule is CCCCCCCCCCOS(=O)(=O)c1ccccc1.[H-].[K+]. The van der Waals surface area contributed by atoms with E-state index >= 15 is 0 Å². The first-order valence-corrected chi connectivity index (χ1v) is 9.02. The minimum atomic E-state index is -3.57. The van der Waals surface area contributed by atoms with Gasteiger partial charge in [-0.2, -0.15) is 8.42 Å². The van der Waals surface area contributed by atoms with Crippen molar-refractivity contribution >= 4 is 10.1 Å². The standard InChI is InChI=1S/C16H26O3S.K.H/c1-2-3-4-5-6-7-8-12-15-19-20(17,18)16-13-10-9-11-14-16;;/h9-11,13-14H,2-8,12,15H2,1H3;;/q;+1;-1. The summed E-state index contributed by atoms with van der Waals surface area (Å²) < 4.78 is 28.7. The molecule has 0 heterocycles. The Hall–Kier alpha value is 0.766. The van der Waals surface area contributed by atoms with Gasteiger partial charge in [0.15, 0.2) is 0 Å². The van der Waals surface area contributed by atoms with Gasteiger partial charge in [0.1, 0.15) is 0 Å². The molecule has 0 aliphatic rings. The Balaban J connectivity index is 0. The van der Waals surface area contributed by atoms with Crippen molar-refractivity contribution in [2.24, 2.45) is 0 Å². The van der Waals surface area contributed by atoms with Crippen molar-refractivity contribution in [3.8, 4) is 0 Å². The number of unbranched alkanes of at least 4 members (excludes halogenated alkanes) is 7. The fraction of sp³-hybridized carbons (Fsp3) is 0.625. The summed E-state index contributed by atoms with van der Waals surface area (Å²) >= 11 is 0. The maximum atomic E-state index is 11.8. The van der Waals surface area contributed by atoms with Gasteiger partial charge in [-0.1, -0.05) is 70.1 Å². The van der Waals surface area contributed by atoms with E-state index in [9.17, 15) is 8.42 Å². The zero-order valence-corrected chi connectivity index (χ0v) is 17.3. The van der Waals surface area contributed by atoms with Crippen LogP contribution in [0.4, 0.5) is 0 Å². The minimum Gasteiger partial charge on any atom is -1.00 e. The molecule has 1 aromatic carbocycles. The third-order valence-corrected chi connectivity index (χ3v) is 4.59. The summed E-state index contributed by atoms with van der Waals surface area (Å²) in [5, 5.41) is 0. The van der Waals surface area contributed by atoms with Gasteiger partial charge in [-0.05, 0) is 18.6 Å². The van der Waals surface area contributed by atoms with Crippen LogP contribution in [-0.2, 0) is 14.3 Å². The van der Waals surface area contributed by atoms with Gasteiger partial charge in [0.05, 0.1) is 11.5 Å². The maximum absolute atomic E-state index is 11.8. The third-order valence-electron chi connectivity index (χ3n) is 3.27. The Morgan fingerprint density at radius 2 is 1.43 bits per heavy atom. The van der Waals surface area contributed by atoms with Crippen LogP contribution >= 0.6 is 0 Å². The van der Waals surface area contributed by atoms with Gasteiger partial charge in [-0.3, -0.25) is 4.18 Å². The molecule has 0 saturated heterocycles. The number of benzene rings is 1. The van der Waals surface area contributed by atoms with Crippen molar-refractivity contribution in [3.63, 3.8) is 0 Å². The van der Waals surface area contributed by atoms with Gasteiger partial charge in [-0.25, -0.2) is 0 Å². The van der Waals surface area contributed by atoms with Crippen LogP contribution in [0, 0.1) is 0 Å². The Labute approximate surface area is 173 Å². The molecule has 21 heavy (non-hydrogen) atoms. The van der Waals surface area contributed by atoms with Gasteiger partial charge in [0.25, 0.3) is 10.1 Å². The van der Waals surface area contributed by atoms with Crippen molar-refractivity contribution in [1.29, 1.82) is 0 Å². The van der Waals surface area contributed by atoms with Gasteiger partial charge in [0, 0.05) is 0 Å². The molecular formula is C16H27KO3S. The van der Waals surface area contributed by atoms with Crippen molar-refractivity contribution in [2.45, 2.75) is 63.2 Å². The van der Waals surface area contributed by atoms with E-state index in [1.54, 1.807) is 30.3 Å². The monoisotopic (exact) mass is 338 g/mol. The smallest absolute Gasteiger partial charge is 1.00 e. The average Bonchev–Trinajstić information content (AvgIpc) is 2.46. The largest absolute Gasteiger partial charge is 1.00 e. The second kappa shape index (κ2) is 13.2. The van der Waals surface area contributed by atoms with Crippen molar-refractivity contribution in [2.75, 3.05) is 6.61 Å². The van der Waals surface area contributed by atoms with Crippen LogP contribution in [-0.4, -0.2) is 15.0 Å².